The Morgan fingerprint density at radius 3 is 2.87 bits per heavy atom. The Kier molecular flexibility index (Phi) is 3.53. The molecule has 3 aromatic rings. The molecule has 0 spiro atoms. The van der Waals surface area contributed by atoms with E-state index in [0.717, 1.165) is 29.9 Å². The molecule has 0 saturated heterocycles. The first-order valence-corrected chi connectivity index (χ1v) is 7.79. The molecule has 4 rings (SSSR count). The van der Waals surface area contributed by atoms with Crippen LogP contribution in [0.2, 0.25) is 0 Å². The van der Waals surface area contributed by atoms with Crippen molar-refractivity contribution in [3.63, 3.8) is 0 Å². The van der Waals surface area contributed by atoms with E-state index in [1.54, 1.807) is 12.4 Å². The molecule has 0 bridgehead atoms. The number of nitrogens with zero attached hydrogens (tertiary/aromatic N) is 5. The van der Waals surface area contributed by atoms with E-state index in [1.165, 1.54) is 6.42 Å². The highest BCUT2D eigenvalue weighted by molar-refractivity contribution is 5.35. The van der Waals surface area contributed by atoms with E-state index in [1.807, 2.05) is 36.1 Å². The second-order valence-electron chi connectivity index (χ2n) is 5.83. The molecule has 7 heteroatoms. The quantitative estimate of drug-likeness (QED) is 0.780. The van der Waals surface area contributed by atoms with E-state index < -0.39 is 0 Å². The van der Waals surface area contributed by atoms with E-state index >= 15 is 0 Å². The summed E-state index contributed by atoms with van der Waals surface area (Å²) in [6.07, 6.45) is 8.89. The summed E-state index contributed by atoms with van der Waals surface area (Å²) in [7, 11) is 1.91. The number of nitrogens with one attached hydrogen (secondary N) is 1. The summed E-state index contributed by atoms with van der Waals surface area (Å²) >= 11 is 0. The van der Waals surface area contributed by atoms with E-state index in [4.69, 9.17) is 4.52 Å². The van der Waals surface area contributed by atoms with Crippen LogP contribution >= 0.6 is 0 Å². The van der Waals surface area contributed by atoms with Gasteiger partial charge in [0, 0.05) is 31.6 Å². The lowest BCUT2D eigenvalue weighted by Crippen LogP contribution is -2.17. The second-order valence-corrected chi connectivity index (χ2v) is 5.83. The molecule has 1 unspecified atom stereocenters. The maximum Gasteiger partial charge on any atom is 0.322 e. The van der Waals surface area contributed by atoms with Gasteiger partial charge in [0.1, 0.15) is 0 Å². The third kappa shape index (κ3) is 2.69. The molecule has 1 atom stereocenters. The largest absolute Gasteiger partial charge is 0.325 e. The van der Waals surface area contributed by atoms with Crippen molar-refractivity contribution in [3.8, 4) is 0 Å². The minimum atomic E-state index is -0.147. The molecule has 1 N–H and O–H groups in total. The summed E-state index contributed by atoms with van der Waals surface area (Å²) in [5.41, 5.74) is 2.01. The highest BCUT2D eigenvalue weighted by Gasteiger charge is 2.26. The number of aromatic nitrogens is 5. The lowest BCUT2D eigenvalue weighted by atomic mass is 9.85. The van der Waals surface area contributed by atoms with Gasteiger partial charge < -0.3 is 9.84 Å². The van der Waals surface area contributed by atoms with Crippen LogP contribution in [0, 0.1) is 0 Å². The van der Waals surface area contributed by atoms with Gasteiger partial charge in [0.25, 0.3) is 0 Å². The standard InChI is InChI=1S/C16H18N6O/c1-22-13(7-9-18-22)14(12-6-3-8-17-10-12)19-16-20-15(21-23-16)11-4-2-5-11/h3,6-11,14H,2,4-5H2,1H3,(H,19,20,21). The first-order chi connectivity index (χ1) is 11.3. The predicted octanol–water partition coefficient (Wildman–Crippen LogP) is 2.67. The number of hydrogen-bond acceptors (Lipinski definition) is 6. The van der Waals surface area contributed by atoms with Crippen LogP contribution in [-0.2, 0) is 7.05 Å². The Balaban J connectivity index is 1.63. The minimum absolute atomic E-state index is 0.147. The number of aryl methyl sites for hydroxylation is 1. The van der Waals surface area contributed by atoms with Crippen molar-refractivity contribution in [2.24, 2.45) is 7.05 Å². The fraction of sp³-hybridized carbons (Fsp3) is 0.375. The van der Waals surface area contributed by atoms with Crippen LogP contribution in [0.4, 0.5) is 6.01 Å². The van der Waals surface area contributed by atoms with Gasteiger partial charge in [-0.1, -0.05) is 17.6 Å². The van der Waals surface area contributed by atoms with Crippen LogP contribution in [0.5, 0.6) is 0 Å². The third-order valence-electron chi connectivity index (χ3n) is 4.35. The summed E-state index contributed by atoms with van der Waals surface area (Å²) in [4.78, 5) is 8.70. The van der Waals surface area contributed by atoms with Crippen molar-refractivity contribution in [1.29, 1.82) is 0 Å². The highest BCUT2D eigenvalue weighted by Crippen LogP contribution is 2.35. The molecule has 0 amide bonds. The summed E-state index contributed by atoms with van der Waals surface area (Å²) in [6.45, 7) is 0. The van der Waals surface area contributed by atoms with Crippen LogP contribution in [-0.4, -0.2) is 24.9 Å². The third-order valence-corrected chi connectivity index (χ3v) is 4.35. The number of anilines is 1. The van der Waals surface area contributed by atoms with Gasteiger partial charge in [-0.05, 0) is 30.5 Å². The number of rotatable bonds is 5. The smallest absolute Gasteiger partial charge is 0.322 e. The molecule has 0 radical (unpaired) electrons. The Hall–Kier alpha value is -2.70. The molecular formula is C16H18N6O. The first kappa shape index (κ1) is 13.9. The average Bonchev–Trinajstić information content (AvgIpc) is 3.13. The minimum Gasteiger partial charge on any atom is -0.325 e. The average molecular weight is 310 g/mol. The summed E-state index contributed by atoms with van der Waals surface area (Å²) in [5.74, 6) is 1.25. The monoisotopic (exact) mass is 310 g/mol. The summed E-state index contributed by atoms with van der Waals surface area (Å²) < 4.78 is 7.22. The first-order valence-electron chi connectivity index (χ1n) is 7.79. The van der Waals surface area contributed by atoms with Crippen LogP contribution in [0.15, 0.2) is 41.3 Å². The second kappa shape index (κ2) is 5.83. The van der Waals surface area contributed by atoms with E-state index in [-0.39, 0.29) is 6.04 Å². The predicted molar refractivity (Wildman–Crippen MR) is 83.8 cm³/mol. The number of pyridine rings is 1. The van der Waals surface area contributed by atoms with Gasteiger partial charge in [-0.3, -0.25) is 9.67 Å². The molecule has 1 fully saturated rings. The van der Waals surface area contributed by atoms with E-state index in [9.17, 15) is 0 Å². The Morgan fingerprint density at radius 1 is 1.30 bits per heavy atom. The zero-order valence-corrected chi connectivity index (χ0v) is 12.9. The van der Waals surface area contributed by atoms with Gasteiger partial charge in [-0.25, -0.2) is 0 Å². The van der Waals surface area contributed by atoms with Crippen molar-refractivity contribution in [3.05, 3.63) is 53.9 Å². The zero-order chi connectivity index (χ0) is 15.6. The van der Waals surface area contributed by atoms with Crippen molar-refractivity contribution in [1.82, 2.24) is 24.9 Å². The lowest BCUT2D eigenvalue weighted by molar-refractivity contribution is 0.365. The van der Waals surface area contributed by atoms with Crippen LogP contribution < -0.4 is 5.32 Å². The normalized spacial score (nSPS) is 16.0. The van der Waals surface area contributed by atoms with Crippen molar-refractivity contribution in [2.45, 2.75) is 31.2 Å². The molecule has 7 nitrogen and oxygen atoms in total. The Bertz CT molecular complexity index is 777. The molecule has 3 heterocycles. The van der Waals surface area contributed by atoms with Crippen molar-refractivity contribution >= 4 is 6.01 Å². The molecule has 118 valence electrons. The zero-order valence-electron chi connectivity index (χ0n) is 12.9. The molecule has 23 heavy (non-hydrogen) atoms. The topological polar surface area (TPSA) is 81.7 Å². The molecule has 0 aromatic carbocycles. The molecule has 1 saturated carbocycles. The fourth-order valence-electron chi connectivity index (χ4n) is 2.79. The highest BCUT2D eigenvalue weighted by atomic mass is 16.5. The molecule has 1 aliphatic rings. The fourth-order valence-corrected chi connectivity index (χ4v) is 2.79. The van der Waals surface area contributed by atoms with Crippen LogP contribution in [0.25, 0.3) is 0 Å². The molecule has 0 aliphatic heterocycles. The van der Waals surface area contributed by atoms with Gasteiger partial charge in [-0.2, -0.15) is 10.1 Å². The number of hydrogen-bond donors (Lipinski definition) is 1. The van der Waals surface area contributed by atoms with Crippen LogP contribution in [0.1, 0.15) is 48.3 Å². The van der Waals surface area contributed by atoms with Crippen molar-refractivity contribution < 1.29 is 4.52 Å². The Morgan fingerprint density at radius 2 is 2.22 bits per heavy atom. The Labute approximate surface area is 133 Å². The van der Waals surface area contributed by atoms with Gasteiger partial charge in [0.15, 0.2) is 5.82 Å². The van der Waals surface area contributed by atoms with Gasteiger partial charge in [0.2, 0.25) is 0 Å². The van der Waals surface area contributed by atoms with Crippen molar-refractivity contribution in [2.75, 3.05) is 5.32 Å². The SMILES string of the molecule is Cn1nccc1C(Nc1nc(C2CCC2)no1)c1cccnc1. The maximum atomic E-state index is 5.39. The molecule has 3 aromatic heterocycles. The van der Waals surface area contributed by atoms with E-state index in [0.29, 0.717) is 11.9 Å². The van der Waals surface area contributed by atoms with Gasteiger partial charge in [0.05, 0.1) is 11.7 Å². The lowest BCUT2D eigenvalue weighted by Gasteiger charge is -2.21. The van der Waals surface area contributed by atoms with Crippen LogP contribution in [0.3, 0.4) is 0 Å². The van der Waals surface area contributed by atoms with E-state index in [2.05, 4.69) is 25.5 Å². The molecule has 1 aliphatic carbocycles. The summed E-state index contributed by atoms with van der Waals surface area (Å²) in [5, 5.41) is 11.7. The van der Waals surface area contributed by atoms with Gasteiger partial charge >= 0.3 is 6.01 Å². The van der Waals surface area contributed by atoms with Gasteiger partial charge in [-0.15, -0.1) is 0 Å². The summed E-state index contributed by atoms with van der Waals surface area (Å²) in [6, 6.07) is 6.18. The molecular weight excluding hydrogens is 292 g/mol. The maximum absolute atomic E-state index is 5.39.